The number of carbonyl (C=O) groups excluding carboxylic acids is 2. The number of urea groups is 1. The van der Waals surface area contributed by atoms with Crippen LogP contribution in [0.3, 0.4) is 0 Å². The fourth-order valence-electron chi connectivity index (χ4n) is 5.33. The molecular weight excluding hydrogens is 521 g/mol. The average Bonchev–Trinajstić information content (AvgIpc) is 3.38. The fraction of sp³-hybridized carbons (Fsp3) is 0.310. The summed E-state index contributed by atoms with van der Waals surface area (Å²) in [4.78, 5) is 32.7. The maximum atomic E-state index is 13.4. The van der Waals surface area contributed by atoms with E-state index < -0.39 is 23.2 Å². The number of pyridine rings is 1. The number of likely N-dealkylation sites (tertiary alicyclic amines) is 1. The third kappa shape index (κ3) is 4.76. The molecule has 2 aromatic carbocycles. The van der Waals surface area contributed by atoms with Gasteiger partial charge in [0.15, 0.2) is 5.65 Å². The van der Waals surface area contributed by atoms with E-state index in [1.807, 2.05) is 30.1 Å². The molecular formula is C29H27F3N6O2. The smallest absolute Gasteiger partial charge is 0.342 e. The van der Waals surface area contributed by atoms with Crippen LogP contribution in [-0.4, -0.2) is 44.7 Å². The van der Waals surface area contributed by atoms with E-state index in [4.69, 9.17) is 4.98 Å². The summed E-state index contributed by atoms with van der Waals surface area (Å²) in [6, 6.07) is 12.9. The molecule has 6 rings (SSSR count). The van der Waals surface area contributed by atoms with Crippen LogP contribution in [0.1, 0.15) is 36.9 Å². The Hall–Kier alpha value is -4.41. The number of aryl methyl sites for hydroxylation is 1. The Morgan fingerprint density at radius 3 is 2.33 bits per heavy atom. The van der Waals surface area contributed by atoms with Crippen molar-refractivity contribution in [2.24, 2.45) is 7.05 Å². The topological polar surface area (TPSA) is 92.2 Å². The largest absolute Gasteiger partial charge is 0.416 e. The van der Waals surface area contributed by atoms with Crippen molar-refractivity contribution in [1.29, 1.82) is 0 Å². The van der Waals surface area contributed by atoms with Gasteiger partial charge in [0.25, 0.3) is 0 Å². The van der Waals surface area contributed by atoms with Crippen LogP contribution in [0.15, 0.2) is 60.8 Å². The van der Waals surface area contributed by atoms with E-state index in [1.165, 1.54) is 12.1 Å². The first-order valence-corrected chi connectivity index (χ1v) is 13.1. The van der Waals surface area contributed by atoms with Crippen molar-refractivity contribution in [3.63, 3.8) is 0 Å². The molecule has 2 fully saturated rings. The van der Waals surface area contributed by atoms with Crippen LogP contribution in [-0.2, 0) is 23.4 Å². The summed E-state index contributed by atoms with van der Waals surface area (Å²) < 4.78 is 40.6. The summed E-state index contributed by atoms with van der Waals surface area (Å²) in [5.74, 6) is 0.149. The van der Waals surface area contributed by atoms with E-state index in [9.17, 15) is 22.8 Å². The quantitative estimate of drug-likeness (QED) is 0.322. The monoisotopic (exact) mass is 548 g/mol. The molecule has 1 saturated heterocycles. The number of aromatic nitrogens is 3. The molecule has 3 amide bonds. The minimum absolute atomic E-state index is 0.0321. The molecule has 40 heavy (non-hydrogen) atoms. The number of nitrogens with one attached hydrogen (secondary N) is 2. The second-order valence-electron chi connectivity index (χ2n) is 10.4. The number of benzene rings is 2. The van der Waals surface area contributed by atoms with Crippen molar-refractivity contribution in [2.75, 3.05) is 23.7 Å². The number of anilines is 2. The Labute approximate surface area is 228 Å². The summed E-state index contributed by atoms with van der Waals surface area (Å²) >= 11 is 0. The summed E-state index contributed by atoms with van der Waals surface area (Å²) in [7, 11) is 1.82. The van der Waals surface area contributed by atoms with Gasteiger partial charge in [-0.05, 0) is 73.2 Å². The van der Waals surface area contributed by atoms with Crippen molar-refractivity contribution in [3.05, 3.63) is 72.1 Å². The Kier molecular flexibility index (Phi) is 6.24. The van der Waals surface area contributed by atoms with Crippen LogP contribution in [0.5, 0.6) is 0 Å². The van der Waals surface area contributed by atoms with Crippen molar-refractivity contribution >= 4 is 34.3 Å². The molecule has 2 aliphatic rings. The van der Waals surface area contributed by atoms with E-state index in [1.54, 1.807) is 23.0 Å². The third-order valence-corrected chi connectivity index (χ3v) is 7.65. The molecule has 1 saturated carbocycles. The molecule has 1 aliphatic carbocycles. The number of hydrogen-bond donors (Lipinski definition) is 2. The second kappa shape index (κ2) is 9.65. The molecule has 2 aromatic heterocycles. The minimum Gasteiger partial charge on any atom is -0.342 e. The summed E-state index contributed by atoms with van der Waals surface area (Å²) in [6.45, 7) is 1.58. The highest BCUT2D eigenvalue weighted by Crippen LogP contribution is 2.50. The molecule has 0 spiro atoms. The Morgan fingerprint density at radius 1 is 0.950 bits per heavy atom. The second-order valence-corrected chi connectivity index (χ2v) is 10.4. The highest BCUT2D eigenvalue weighted by molar-refractivity contribution is 6.00. The van der Waals surface area contributed by atoms with Gasteiger partial charge in [-0.1, -0.05) is 18.2 Å². The molecule has 11 heteroatoms. The van der Waals surface area contributed by atoms with Gasteiger partial charge in [0.05, 0.1) is 22.9 Å². The summed E-state index contributed by atoms with van der Waals surface area (Å²) in [5, 5.41) is 10.3. The van der Waals surface area contributed by atoms with Crippen molar-refractivity contribution < 1.29 is 22.8 Å². The summed E-state index contributed by atoms with van der Waals surface area (Å²) in [6.07, 6.45) is 0.832. The van der Waals surface area contributed by atoms with Gasteiger partial charge in [0, 0.05) is 36.9 Å². The normalized spacial score (nSPS) is 16.2. The van der Waals surface area contributed by atoms with E-state index in [0.29, 0.717) is 11.3 Å². The number of fused-ring (bicyclic) bond motifs is 1. The van der Waals surface area contributed by atoms with Gasteiger partial charge in [0.1, 0.15) is 0 Å². The van der Waals surface area contributed by atoms with Gasteiger partial charge in [-0.2, -0.15) is 18.3 Å². The minimum atomic E-state index is -4.50. The number of halogens is 3. The lowest BCUT2D eigenvalue weighted by Crippen LogP contribution is -2.37. The van der Waals surface area contributed by atoms with Gasteiger partial charge >= 0.3 is 12.2 Å². The van der Waals surface area contributed by atoms with Crippen LogP contribution in [0.2, 0.25) is 0 Å². The molecule has 0 atom stereocenters. The molecule has 0 radical (unpaired) electrons. The van der Waals surface area contributed by atoms with Gasteiger partial charge < -0.3 is 15.5 Å². The zero-order chi connectivity index (χ0) is 28.1. The van der Waals surface area contributed by atoms with E-state index in [2.05, 4.69) is 15.7 Å². The van der Waals surface area contributed by atoms with E-state index >= 15 is 0 Å². The number of nitrogens with zero attached hydrogens (tertiary/aromatic N) is 4. The standard InChI is InChI=1S/C29H27F3N6O2/c1-37-25-23(17-33-37)22(16-24(36-25)28(11-12-28)26(39)38-13-2-3-14-38)18-7-9-20(10-8-18)34-27(40)35-21-6-4-5-19(15-21)29(30,31)32/h4-10,15-17H,2-3,11-14H2,1H3,(H2,34,35,40). The highest BCUT2D eigenvalue weighted by atomic mass is 19.4. The predicted octanol–water partition coefficient (Wildman–Crippen LogP) is 5.95. The molecule has 3 heterocycles. The average molecular weight is 549 g/mol. The van der Waals surface area contributed by atoms with Crippen molar-refractivity contribution in [2.45, 2.75) is 37.3 Å². The van der Waals surface area contributed by atoms with E-state index in [0.717, 1.165) is 73.1 Å². The van der Waals surface area contributed by atoms with Crippen LogP contribution in [0, 0.1) is 0 Å². The number of rotatable bonds is 5. The molecule has 4 aromatic rings. The van der Waals surface area contributed by atoms with E-state index in [-0.39, 0.29) is 11.6 Å². The molecule has 0 unspecified atom stereocenters. The number of alkyl halides is 3. The Morgan fingerprint density at radius 2 is 1.65 bits per heavy atom. The van der Waals surface area contributed by atoms with Crippen molar-refractivity contribution in [1.82, 2.24) is 19.7 Å². The van der Waals surface area contributed by atoms with Crippen LogP contribution in [0.25, 0.3) is 22.2 Å². The molecule has 8 nitrogen and oxygen atoms in total. The van der Waals surface area contributed by atoms with Gasteiger partial charge in [0.2, 0.25) is 5.91 Å². The first kappa shape index (κ1) is 25.8. The van der Waals surface area contributed by atoms with Crippen molar-refractivity contribution in [3.8, 4) is 11.1 Å². The highest BCUT2D eigenvalue weighted by Gasteiger charge is 2.54. The first-order chi connectivity index (χ1) is 19.1. The lowest BCUT2D eigenvalue weighted by molar-refractivity contribution is -0.137. The molecule has 206 valence electrons. The summed E-state index contributed by atoms with van der Waals surface area (Å²) in [5.41, 5.74) is 2.23. The lowest BCUT2D eigenvalue weighted by Gasteiger charge is -2.23. The van der Waals surface area contributed by atoms with Gasteiger partial charge in [-0.15, -0.1) is 0 Å². The molecule has 0 bridgehead atoms. The lowest BCUT2D eigenvalue weighted by atomic mass is 9.94. The SMILES string of the molecule is Cn1ncc2c(-c3ccc(NC(=O)Nc4cccc(C(F)(F)F)c4)cc3)cc(C3(C(=O)N4CCCC4)CC3)nc21. The maximum Gasteiger partial charge on any atom is 0.416 e. The molecule has 1 aliphatic heterocycles. The fourth-order valence-corrected chi connectivity index (χ4v) is 5.33. The van der Waals surface area contributed by atoms with Crippen LogP contribution in [0.4, 0.5) is 29.3 Å². The Bertz CT molecular complexity index is 1600. The number of hydrogen-bond acceptors (Lipinski definition) is 4. The first-order valence-electron chi connectivity index (χ1n) is 13.1. The van der Waals surface area contributed by atoms with Gasteiger partial charge in [-0.25, -0.2) is 9.78 Å². The Balaban J connectivity index is 1.24. The van der Waals surface area contributed by atoms with Crippen LogP contribution >= 0.6 is 0 Å². The predicted molar refractivity (Wildman–Crippen MR) is 145 cm³/mol. The molecule has 2 N–H and O–H groups in total. The zero-order valence-corrected chi connectivity index (χ0v) is 21.8. The zero-order valence-electron chi connectivity index (χ0n) is 21.8. The van der Waals surface area contributed by atoms with Gasteiger partial charge in [-0.3, -0.25) is 9.48 Å². The maximum absolute atomic E-state index is 13.4. The number of carbonyl (C=O) groups is 2. The number of amides is 3. The third-order valence-electron chi connectivity index (χ3n) is 7.65. The van der Waals surface area contributed by atoms with Crippen LogP contribution < -0.4 is 10.6 Å².